The molecule has 1 aliphatic heterocycles. The van der Waals surface area contributed by atoms with Crippen LogP contribution in [-0.4, -0.2) is 12.5 Å². The van der Waals surface area contributed by atoms with Crippen molar-refractivity contribution in [3.05, 3.63) is 22.7 Å². The fraction of sp³-hybridized carbons (Fsp3) is 0.125. The fourth-order valence-corrected chi connectivity index (χ4v) is 1.57. The molecule has 0 fully saturated rings. The second-order valence-electron chi connectivity index (χ2n) is 2.44. The molecule has 1 aromatic carbocycles. The molecule has 4 heteroatoms. The van der Waals surface area contributed by atoms with Gasteiger partial charge in [0.2, 0.25) is 0 Å². The molecule has 12 heavy (non-hydrogen) atoms. The number of para-hydroxylation sites is 1. The van der Waals surface area contributed by atoms with Crippen molar-refractivity contribution in [1.82, 2.24) is 0 Å². The van der Waals surface area contributed by atoms with E-state index in [4.69, 9.17) is 4.74 Å². The Kier molecular flexibility index (Phi) is 1.77. The van der Waals surface area contributed by atoms with Gasteiger partial charge in [-0.2, -0.15) is 0 Å². The van der Waals surface area contributed by atoms with Crippen LogP contribution in [0.3, 0.4) is 0 Å². The van der Waals surface area contributed by atoms with E-state index in [9.17, 15) is 4.79 Å². The molecule has 0 bridgehead atoms. The lowest BCUT2D eigenvalue weighted by Gasteiger charge is -2.17. The first kappa shape index (κ1) is 7.61. The number of esters is 1. The SMILES string of the molecule is O=C1CNc2c(Br)cccc2O1. The van der Waals surface area contributed by atoms with Gasteiger partial charge in [-0.1, -0.05) is 6.07 Å². The lowest BCUT2D eigenvalue weighted by molar-refractivity contribution is -0.132. The van der Waals surface area contributed by atoms with Crippen LogP contribution >= 0.6 is 15.9 Å². The summed E-state index contributed by atoms with van der Waals surface area (Å²) in [5.74, 6) is 0.334. The molecule has 3 nitrogen and oxygen atoms in total. The molecule has 0 amide bonds. The Labute approximate surface area is 77.8 Å². The molecule has 0 radical (unpaired) electrons. The molecule has 1 N–H and O–H groups in total. The number of fused-ring (bicyclic) bond motifs is 1. The number of benzene rings is 1. The lowest BCUT2D eigenvalue weighted by Crippen LogP contribution is -2.25. The Morgan fingerprint density at radius 3 is 3.17 bits per heavy atom. The molecule has 2 rings (SSSR count). The molecule has 62 valence electrons. The smallest absolute Gasteiger partial charge is 0.330 e. The van der Waals surface area contributed by atoms with E-state index < -0.39 is 0 Å². The van der Waals surface area contributed by atoms with Crippen LogP contribution < -0.4 is 10.1 Å². The molecular weight excluding hydrogens is 222 g/mol. The minimum absolute atomic E-state index is 0.232. The Hall–Kier alpha value is -1.03. The molecule has 1 heterocycles. The summed E-state index contributed by atoms with van der Waals surface area (Å²) in [6.45, 7) is 0.232. The predicted molar refractivity (Wildman–Crippen MR) is 48.3 cm³/mol. The summed E-state index contributed by atoms with van der Waals surface area (Å²) in [4.78, 5) is 10.8. The Balaban J connectivity index is 2.48. The largest absolute Gasteiger partial charge is 0.423 e. The van der Waals surface area contributed by atoms with Crippen LogP contribution in [0.25, 0.3) is 0 Å². The molecular formula is C8H6BrNO2. The van der Waals surface area contributed by atoms with Gasteiger partial charge in [0.05, 0.1) is 5.69 Å². The Morgan fingerprint density at radius 2 is 2.33 bits per heavy atom. The van der Waals surface area contributed by atoms with Crippen LogP contribution in [-0.2, 0) is 4.79 Å². The summed E-state index contributed by atoms with van der Waals surface area (Å²) in [7, 11) is 0. The van der Waals surface area contributed by atoms with Gasteiger partial charge in [0.1, 0.15) is 6.54 Å². The van der Waals surface area contributed by atoms with Crippen molar-refractivity contribution in [2.45, 2.75) is 0 Å². The first-order valence-electron chi connectivity index (χ1n) is 3.50. The molecule has 0 aromatic heterocycles. The third kappa shape index (κ3) is 1.18. The predicted octanol–water partition coefficient (Wildman–Crippen LogP) is 1.78. The Bertz CT molecular complexity index is 338. The second-order valence-corrected chi connectivity index (χ2v) is 3.29. The van der Waals surface area contributed by atoms with Gasteiger partial charge in [-0.3, -0.25) is 0 Å². The summed E-state index contributed by atoms with van der Waals surface area (Å²) < 4.78 is 5.89. The minimum atomic E-state index is -0.249. The van der Waals surface area contributed by atoms with Gasteiger partial charge < -0.3 is 10.1 Å². The van der Waals surface area contributed by atoms with Crippen LogP contribution in [0.15, 0.2) is 22.7 Å². The number of carbonyl (C=O) groups is 1. The number of carbonyl (C=O) groups excluding carboxylic acids is 1. The first-order valence-corrected chi connectivity index (χ1v) is 4.30. The van der Waals surface area contributed by atoms with Crippen LogP contribution in [0.4, 0.5) is 5.69 Å². The summed E-state index contributed by atoms with van der Waals surface area (Å²) in [5, 5.41) is 2.96. The van der Waals surface area contributed by atoms with Gasteiger partial charge >= 0.3 is 5.97 Å². The monoisotopic (exact) mass is 227 g/mol. The highest BCUT2D eigenvalue weighted by Gasteiger charge is 2.17. The zero-order valence-electron chi connectivity index (χ0n) is 6.13. The second kappa shape index (κ2) is 2.79. The van der Waals surface area contributed by atoms with E-state index >= 15 is 0 Å². The van der Waals surface area contributed by atoms with Crippen molar-refractivity contribution < 1.29 is 9.53 Å². The number of halogens is 1. The third-order valence-electron chi connectivity index (χ3n) is 1.61. The number of nitrogens with one attached hydrogen (secondary N) is 1. The summed E-state index contributed by atoms with van der Waals surface area (Å²) in [6, 6.07) is 5.47. The molecule has 0 unspecified atom stereocenters. The van der Waals surface area contributed by atoms with E-state index in [1.54, 1.807) is 6.07 Å². The van der Waals surface area contributed by atoms with E-state index in [0.717, 1.165) is 10.2 Å². The molecule has 0 aliphatic carbocycles. The van der Waals surface area contributed by atoms with Gasteiger partial charge in [-0.15, -0.1) is 0 Å². The van der Waals surface area contributed by atoms with E-state index in [0.29, 0.717) is 5.75 Å². The summed E-state index contributed by atoms with van der Waals surface area (Å²) in [6.07, 6.45) is 0. The number of hydrogen-bond donors (Lipinski definition) is 1. The lowest BCUT2D eigenvalue weighted by atomic mass is 10.2. The van der Waals surface area contributed by atoms with E-state index in [-0.39, 0.29) is 12.5 Å². The quantitative estimate of drug-likeness (QED) is 0.543. The maximum atomic E-state index is 10.8. The summed E-state index contributed by atoms with van der Waals surface area (Å²) in [5.41, 5.74) is 0.845. The zero-order chi connectivity index (χ0) is 8.55. The fourth-order valence-electron chi connectivity index (χ4n) is 1.08. The van der Waals surface area contributed by atoms with Crippen LogP contribution in [0.5, 0.6) is 5.75 Å². The molecule has 1 aromatic rings. The highest BCUT2D eigenvalue weighted by Crippen LogP contribution is 2.34. The zero-order valence-corrected chi connectivity index (χ0v) is 7.72. The molecule has 0 atom stereocenters. The number of rotatable bonds is 0. The van der Waals surface area contributed by atoms with Gasteiger partial charge in [-0.05, 0) is 28.1 Å². The summed E-state index contributed by atoms with van der Waals surface area (Å²) >= 11 is 3.35. The normalized spacial score (nSPS) is 14.6. The highest BCUT2D eigenvalue weighted by atomic mass is 79.9. The van der Waals surface area contributed by atoms with Crippen molar-refractivity contribution >= 4 is 27.6 Å². The first-order chi connectivity index (χ1) is 5.77. The topological polar surface area (TPSA) is 38.3 Å². The van der Waals surface area contributed by atoms with Crippen molar-refractivity contribution in [3.8, 4) is 5.75 Å². The van der Waals surface area contributed by atoms with Gasteiger partial charge in [0, 0.05) is 4.47 Å². The van der Waals surface area contributed by atoms with E-state index in [1.807, 2.05) is 12.1 Å². The molecule has 0 spiro atoms. The van der Waals surface area contributed by atoms with Gasteiger partial charge in [0.25, 0.3) is 0 Å². The van der Waals surface area contributed by atoms with E-state index in [1.165, 1.54) is 0 Å². The van der Waals surface area contributed by atoms with Crippen LogP contribution in [0.2, 0.25) is 0 Å². The standard InChI is InChI=1S/C8H6BrNO2/c9-5-2-1-3-6-8(5)10-4-7(11)12-6/h1-3,10H,4H2. The molecule has 1 aliphatic rings. The average molecular weight is 228 g/mol. The third-order valence-corrected chi connectivity index (χ3v) is 2.27. The minimum Gasteiger partial charge on any atom is -0.423 e. The van der Waals surface area contributed by atoms with Crippen molar-refractivity contribution in [2.75, 3.05) is 11.9 Å². The van der Waals surface area contributed by atoms with Crippen LogP contribution in [0.1, 0.15) is 0 Å². The molecule has 0 saturated carbocycles. The van der Waals surface area contributed by atoms with Crippen LogP contribution in [0, 0.1) is 0 Å². The van der Waals surface area contributed by atoms with Crippen molar-refractivity contribution in [3.63, 3.8) is 0 Å². The average Bonchev–Trinajstić information content (AvgIpc) is 2.04. The van der Waals surface area contributed by atoms with Gasteiger partial charge in [-0.25, -0.2) is 4.79 Å². The number of anilines is 1. The van der Waals surface area contributed by atoms with Gasteiger partial charge in [0.15, 0.2) is 5.75 Å². The van der Waals surface area contributed by atoms with Crippen molar-refractivity contribution in [1.29, 1.82) is 0 Å². The Morgan fingerprint density at radius 1 is 1.50 bits per heavy atom. The van der Waals surface area contributed by atoms with E-state index in [2.05, 4.69) is 21.2 Å². The maximum Gasteiger partial charge on any atom is 0.330 e. The number of hydrogen-bond acceptors (Lipinski definition) is 3. The highest BCUT2D eigenvalue weighted by molar-refractivity contribution is 9.10. The maximum absolute atomic E-state index is 10.8. The molecule has 0 saturated heterocycles. The van der Waals surface area contributed by atoms with Crippen molar-refractivity contribution in [2.24, 2.45) is 0 Å². The number of ether oxygens (including phenoxy) is 1.